The molecule has 134 valence electrons. The van der Waals surface area contributed by atoms with Gasteiger partial charge in [-0.2, -0.15) is 0 Å². The standard InChI is InChI=1S/C18H15Cl2N3O3/c1-24-16-8-11(3-7-17-22-23-18(21)26-17)2-6-15(16)25-10-12-4-5-13(19)9-14(12)20/h2-9H,10H2,1H3,(H2,21,23)/b7-3+. The van der Waals surface area contributed by atoms with E-state index in [4.69, 9.17) is 42.8 Å². The quantitative estimate of drug-likeness (QED) is 0.654. The van der Waals surface area contributed by atoms with E-state index in [1.807, 2.05) is 24.3 Å². The highest BCUT2D eigenvalue weighted by atomic mass is 35.5. The number of methoxy groups -OCH3 is 1. The Morgan fingerprint density at radius 1 is 1.08 bits per heavy atom. The largest absolute Gasteiger partial charge is 0.493 e. The second kappa shape index (κ2) is 8.12. The molecular weight excluding hydrogens is 377 g/mol. The van der Waals surface area contributed by atoms with E-state index in [0.29, 0.717) is 34.0 Å². The van der Waals surface area contributed by atoms with Gasteiger partial charge < -0.3 is 19.6 Å². The van der Waals surface area contributed by atoms with E-state index in [1.165, 1.54) is 0 Å². The van der Waals surface area contributed by atoms with Crippen LogP contribution in [0.2, 0.25) is 10.0 Å². The van der Waals surface area contributed by atoms with Crippen molar-refractivity contribution in [2.24, 2.45) is 0 Å². The predicted octanol–water partition coefficient (Wildman–Crippen LogP) is 4.72. The molecule has 0 radical (unpaired) electrons. The summed E-state index contributed by atoms with van der Waals surface area (Å²) in [5.41, 5.74) is 7.09. The summed E-state index contributed by atoms with van der Waals surface area (Å²) in [5, 5.41) is 8.48. The Hall–Kier alpha value is -2.70. The molecular formula is C18H15Cl2N3O3. The third kappa shape index (κ3) is 4.47. The van der Waals surface area contributed by atoms with Gasteiger partial charge in [0.2, 0.25) is 5.89 Å². The second-order valence-electron chi connectivity index (χ2n) is 5.25. The molecule has 0 amide bonds. The molecule has 0 fully saturated rings. The number of aromatic nitrogens is 2. The van der Waals surface area contributed by atoms with Gasteiger partial charge in [0.1, 0.15) is 6.61 Å². The molecule has 6 nitrogen and oxygen atoms in total. The first-order valence-corrected chi connectivity index (χ1v) is 8.32. The predicted molar refractivity (Wildman–Crippen MR) is 101 cm³/mol. The van der Waals surface area contributed by atoms with Crippen LogP contribution in [-0.4, -0.2) is 17.3 Å². The Kier molecular flexibility index (Phi) is 5.65. The highest BCUT2D eigenvalue weighted by Crippen LogP contribution is 2.30. The lowest BCUT2D eigenvalue weighted by Gasteiger charge is -2.12. The van der Waals surface area contributed by atoms with Crippen LogP contribution in [0.4, 0.5) is 6.01 Å². The Balaban J connectivity index is 1.73. The summed E-state index contributed by atoms with van der Waals surface area (Å²) < 4.78 is 16.3. The van der Waals surface area contributed by atoms with Gasteiger partial charge in [-0.05, 0) is 35.9 Å². The number of anilines is 1. The normalized spacial score (nSPS) is 11.0. The monoisotopic (exact) mass is 391 g/mol. The third-order valence-corrected chi connectivity index (χ3v) is 4.05. The van der Waals surface area contributed by atoms with E-state index >= 15 is 0 Å². The average Bonchev–Trinajstić information content (AvgIpc) is 3.05. The minimum Gasteiger partial charge on any atom is -0.493 e. The molecule has 0 aliphatic rings. The van der Waals surface area contributed by atoms with Gasteiger partial charge in [-0.3, -0.25) is 0 Å². The van der Waals surface area contributed by atoms with E-state index in [9.17, 15) is 0 Å². The Morgan fingerprint density at radius 2 is 1.92 bits per heavy atom. The number of ether oxygens (including phenoxy) is 2. The molecule has 3 rings (SSSR count). The van der Waals surface area contributed by atoms with Gasteiger partial charge in [0.25, 0.3) is 0 Å². The Morgan fingerprint density at radius 3 is 2.62 bits per heavy atom. The summed E-state index contributed by atoms with van der Waals surface area (Å²) in [5.74, 6) is 1.50. The lowest BCUT2D eigenvalue weighted by Crippen LogP contribution is -1.98. The SMILES string of the molecule is COc1cc(/C=C/c2nnc(N)o2)ccc1OCc1ccc(Cl)cc1Cl. The molecule has 1 heterocycles. The van der Waals surface area contributed by atoms with E-state index in [-0.39, 0.29) is 6.01 Å². The van der Waals surface area contributed by atoms with Crippen molar-refractivity contribution >= 4 is 41.4 Å². The van der Waals surface area contributed by atoms with Crippen LogP contribution >= 0.6 is 23.2 Å². The van der Waals surface area contributed by atoms with Crippen LogP contribution < -0.4 is 15.2 Å². The number of benzene rings is 2. The van der Waals surface area contributed by atoms with Crippen molar-refractivity contribution in [2.75, 3.05) is 12.8 Å². The first-order chi connectivity index (χ1) is 12.5. The summed E-state index contributed by atoms with van der Waals surface area (Å²) in [7, 11) is 1.57. The van der Waals surface area contributed by atoms with Crippen LogP contribution in [0.1, 0.15) is 17.0 Å². The van der Waals surface area contributed by atoms with Crippen LogP contribution in [0.25, 0.3) is 12.2 Å². The maximum atomic E-state index is 6.16. The lowest BCUT2D eigenvalue weighted by molar-refractivity contribution is 0.284. The van der Waals surface area contributed by atoms with Crippen molar-refractivity contribution in [3.63, 3.8) is 0 Å². The van der Waals surface area contributed by atoms with Gasteiger partial charge in [-0.15, -0.1) is 5.10 Å². The van der Waals surface area contributed by atoms with Gasteiger partial charge in [-0.1, -0.05) is 40.4 Å². The molecule has 8 heteroatoms. The summed E-state index contributed by atoms with van der Waals surface area (Å²) >= 11 is 12.1. The fraction of sp³-hybridized carbons (Fsp3) is 0.111. The topological polar surface area (TPSA) is 83.4 Å². The van der Waals surface area contributed by atoms with Crippen molar-refractivity contribution in [2.45, 2.75) is 6.61 Å². The number of hydrogen-bond donors (Lipinski definition) is 1. The molecule has 0 spiro atoms. The fourth-order valence-electron chi connectivity index (χ4n) is 2.18. The van der Waals surface area contributed by atoms with Crippen LogP contribution in [0.3, 0.4) is 0 Å². The number of nitrogens with zero attached hydrogens (tertiary/aromatic N) is 2. The van der Waals surface area contributed by atoms with Crippen LogP contribution in [0.15, 0.2) is 40.8 Å². The first-order valence-electron chi connectivity index (χ1n) is 7.57. The second-order valence-corrected chi connectivity index (χ2v) is 6.09. The first kappa shape index (κ1) is 18.1. The van der Waals surface area contributed by atoms with E-state index in [0.717, 1.165) is 11.1 Å². The zero-order valence-corrected chi connectivity index (χ0v) is 15.3. The van der Waals surface area contributed by atoms with E-state index in [2.05, 4.69) is 10.2 Å². The molecule has 2 aromatic carbocycles. The van der Waals surface area contributed by atoms with Crippen molar-refractivity contribution in [1.82, 2.24) is 10.2 Å². The van der Waals surface area contributed by atoms with Crippen LogP contribution in [-0.2, 0) is 6.61 Å². The third-order valence-electron chi connectivity index (χ3n) is 3.46. The molecule has 2 N–H and O–H groups in total. The van der Waals surface area contributed by atoms with Gasteiger partial charge in [0.15, 0.2) is 11.5 Å². The fourth-order valence-corrected chi connectivity index (χ4v) is 2.65. The molecule has 0 bridgehead atoms. The number of rotatable bonds is 6. The summed E-state index contributed by atoms with van der Waals surface area (Å²) in [6, 6.07) is 10.8. The molecule has 0 unspecified atom stereocenters. The zero-order chi connectivity index (χ0) is 18.5. The lowest BCUT2D eigenvalue weighted by atomic mass is 10.2. The average molecular weight is 392 g/mol. The number of nitrogen functional groups attached to an aromatic ring is 1. The number of nitrogens with two attached hydrogens (primary N) is 1. The number of halogens is 2. The zero-order valence-electron chi connectivity index (χ0n) is 13.8. The smallest absolute Gasteiger partial charge is 0.313 e. The molecule has 0 atom stereocenters. The molecule has 0 saturated carbocycles. The van der Waals surface area contributed by atoms with Crippen molar-refractivity contribution in [3.8, 4) is 11.5 Å². The van der Waals surface area contributed by atoms with Crippen LogP contribution in [0.5, 0.6) is 11.5 Å². The highest BCUT2D eigenvalue weighted by molar-refractivity contribution is 6.35. The highest BCUT2D eigenvalue weighted by Gasteiger charge is 2.08. The van der Waals surface area contributed by atoms with Gasteiger partial charge in [-0.25, -0.2) is 0 Å². The Bertz CT molecular complexity index is 941. The molecule has 0 saturated heterocycles. The molecule has 0 aliphatic heterocycles. The summed E-state index contributed by atoms with van der Waals surface area (Å²) in [6.07, 6.45) is 3.46. The van der Waals surface area contributed by atoms with E-state index in [1.54, 1.807) is 31.4 Å². The molecule has 26 heavy (non-hydrogen) atoms. The minimum atomic E-state index is 0.0202. The van der Waals surface area contributed by atoms with Crippen molar-refractivity contribution in [3.05, 3.63) is 63.5 Å². The summed E-state index contributed by atoms with van der Waals surface area (Å²) in [4.78, 5) is 0. The maximum Gasteiger partial charge on any atom is 0.313 e. The maximum absolute atomic E-state index is 6.16. The Labute approximate surface area is 160 Å². The minimum absolute atomic E-state index is 0.0202. The van der Waals surface area contributed by atoms with Crippen LogP contribution in [0, 0.1) is 0 Å². The molecule has 0 aliphatic carbocycles. The van der Waals surface area contributed by atoms with Gasteiger partial charge in [0.05, 0.1) is 7.11 Å². The molecule has 3 aromatic rings. The molecule has 1 aromatic heterocycles. The van der Waals surface area contributed by atoms with Gasteiger partial charge in [0, 0.05) is 21.7 Å². The summed E-state index contributed by atoms with van der Waals surface area (Å²) in [6.45, 7) is 0.294. The number of hydrogen-bond acceptors (Lipinski definition) is 6. The van der Waals surface area contributed by atoms with Crippen molar-refractivity contribution < 1.29 is 13.9 Å². The van der Waals surface area contributed by atoms with Gasteiger partial charge >= 0.3 is 6.01 Å². The van der Waals surface area contributed by atoms with E-state index < -0.39 is 0 Å². The van der Waals surface area contributed by atoms with Crippen molar-refractivity contribution in [1.29, 1.82) is 0 Å².